The van der Waals surface area contributed by atoms with Crippen molar-refractivity contribution in [1.82, 2.24) is 0 Å². The van der Waals surface area contributed by atoms with Crippen LogP contribution in [-0.4, -0.2) is 30.7 Å². The predicted molar refractivity (Wildman–Crippen MR) is 65.3 cm³/mol. The highest BCUT2D eigenvalue weighted by atomic mass is 16.5. The zero-order valence-corrected chi connectivity index (χ0v) is 10.8. The van der Waals surface area contributed by atoms with Gasteiger partial charge in [-0.1, -0.05) is 13.8 Å². The van der Waals surface area contributed by atoms with Gasteiger partial charge in [0, 0.05) is 13.5 Å². The molecule has 16 heavy (non-hydrogen) atoms. The lowest BCUT2D eigenvalue weighted by molar-refractivity contribution is -0.105. The summed E-state index contributed by atoms with van der Waals surface area (Å²) in [5, 5.41) is 9.74. The van der Waals surface area contributed by atoms with E-state index in [0.717, 1.165) is 19.1 Å². The van der Waals surface area contributed by atoms with Crippen molar-refractivity contribution < 1.29 is 14.6 Å². The zero-order chi connectivity index (χ0) is 12.6. The van der Waals surface area contributed by atoms with Crippen molar-refractivity contribution in [2.24, 2.45) is 5.92 Å². The van der Waals surface area contributed by atoms with E-state index in [9.17, 15) is 9.90 Å². The topological polar surface area (TPSA) is 46.5 Å². The zero-order valence-electron chi connectivity index (χ0n) is 10.8. The SMILES string of the molecule is CO[C@@H](C)/C=C(\C=O)CC(O)CCC(C)C. The summed E-state index contributed by atoms with van der Waals surface area (Å²) in [6, 6.07) is 0. The number of aliphatic hydroxyl groups is 1. The van der Waals surface area contributed by atoms with Crippen molar-refractivity contribution in [1.29, 1.82) is 0 Å². The molecule has 0 heterocycles. The molecule has 0 amide bonds. The first-order valence-electron chi connectivity index (χ1n) is 5.86. The Morgan fingerprint density at radius 3 is 2.38 bits per heavy atom. The summed E-state index contributed by atoms with van der Waals surface area (Å²) in [7, 11) is 1.60. The molecule has 1 N–H and O–H groups in total. The maximum atomic E-state index is 10.8. The molecule has 0 rings (SSSR count). The third-order valence-corrected chi connectivity index (χ3v) is 2.52. The van der Waals surface area contributed by atoms with Crippen LogP contribution in [0.1, 0.15) is 40.0 Å². The summed E-state index contributed by atoms with van der Waals surface area (Å²) in [6.45, 7) is 6.11. The van der Waals surface area contributed by atoms with E-state index < -0.39 is 6.10 Å². The lowest BCUT2D eigenvalue weighted by atomic mass is 10.00. The molecule has 0 radical (unpaired) electrons. The highest BCUT2D eigenvalue weighted by Gasteiger charge is 2.09. The largest absolute Gasteiger partial charge is 0.393 e. The van der Waals surface area contributed by atoms with Gasteiger partial charge in [0.1, 0.15) is 6.29 Å². The number of carbonyl (C=O) groups excluding carboxylic acids is 1. The molecule has 0 aromatic heterocycles. The summed E-state index contributed by atoms with van der Waals surface area (Å²) in [4.78, 5) is 10.8. The van der Waals surface area contributed by atoms with Crippen LogP contribution in [-0.2, 0) is 9.53 Å². The van der Waals surface area contributed by atoms with Gasteiger partial charge < -0.3 is 9.84 Å². The molecule has 0 bridgehead atoms. The van der Waals surface area contributed by atoms with Crippen molar-refractivity contribution in [3.63, 3.8) is 0 Å². The number of aldehydes is 1. The second-order valence-corrected chi connectivity index (χ2v) is 4.63. The Morgan fingerprint density at radius 1 is 1.31 bits per heavy atom. The average Bonchev–Trinajstić information content (AvgIpc) is 2.25. The lowest BCUT2D eigenvalue weighted by Crippen LogP contribution is -2.11. The molecule has 0 fully saturated rings. The molecular formula is C13H24O3. The van der Waals surface area contributed by atoms with Gasteiger partial charge in [0.05, 0.1) is 12.2 Å². The van der Waals surface area contributed by atoms with E-state index in [0.29, 0.717) is 17.9 Å². The molecule has 0 saturated heterocycles. The molecule has 0 aliphatic rings. The number of aliphatic hydroxyl groups excluding tert-OH is 1. The minimum Gasteiger partial charge on any atom is -0.393 e. The molecule has 0 saturated carbocycles. The van der Waals surface area contributed by atoms with E-state index in [1.807, 2.05) is 6.92 Å². The van der Waals surface area contributed by atoms with E-state index in [-0.39, 0.29) is 6.10 Å². The van der Waals surface area contributed by atoms with E-state index in [1.165, 1.54) is 0 Å². The van der Waals surface area contributed by atoms with Crippen LogP contribution in [0.4, 0.5) is 0 Å². The smallest absolute Gasteiger partial charge is 0.145 e. The van der Waals surface area contributed by atoms with Crippen LogP contribution in [0.2, 0.25) is 0 Å². The van der Waals surface area contributed by atoms with Crippen LogP contribution in [0, 0.1) is 5.92 Å². The summed E-state index contributed by atoms with van der Waals surface area (Å²) < 4.78 is 5.05. The maximum Gasteiger partial charge on any atom is 0.145 e. The Labute approximate surface area is 98.5 Å². The number of methoxy groups -OCH3 is 1. The Hall–Kier alpha value is -0.670. The van der Waals surface area contributed by atoms with Gasteiger partial charge in [-0.25, -0.2) is 0 Å². The fourth-order valence-electron chi connectivity index (χ4n) is 1.42. The lowest BCUT2D eigenvalue weighted by Gasteiger charge is -2.12. The number of rotatable bonds is 8. The van der Waals surface area contributed by atoms with Crippen LogP contribution in [0.25, 0.3) is 0 Å². The Bertz CT molecular complexity index is 221. The van der Waals surface area contributed by atoms with Crippen molar-refractivity contribution >= 4 is 6.29 Å². The van der Waals surface area contributed by atoms with Crippen LogP contribution >= 0.6 is 0 Å². The summed E-state index contributed by atoms with van der Waals surface area (Å²) in [6.07, 6.45) is 4.18. The molecule has 0 aromatic rings. The van der Waals surface area contributed by atoms with Crippen LogP contribution in [0.15, 0.2) is 11.6 Å². The minimum atomic E-state index is -0.428. The van der Waals surface area contributed by atoms with E-state index in [1.54, 1.807) is 13.2 Å². The monoisotopic (exact) mass is 228 g/mol. The van der Waals surface area contributed by atoms with E-state index in [4.69, 9.17) is 4.74 Å². The van der Waals surface area contributed by atoms with Crippen LogP contribution < -0.4 is 0 Å². The predicted octanol–water partition coefficient (Wildman–Crippen LogP) is 2.33. The number of ether oxygens (including phenoxy) is 1. The first-order valence-corrected chi connectivity index (χ1v) is 5.86. The molecule has 0 aromatic carbocycles. The van der Waals surface area contributed by atoms with Crippen LogP contribution in [0.3, 0.4) is 0 Å². The summed E-state index contributed by atoms with van der Waals surface area (Å²) >= 11 is 0. The molecule has 94 valence electrons. The van der Waals surface area contributed by atoms with E-state index >= 15 is 0 Å². The van der Waals surface area contributed by atoms with Crippen LogP contribution in [0.5, 0.6) is 0 Å². The third kappa shape index (κ3) is 7.60. The van der Waals surface area contributed by atoms with Gasteiger partial charge in [0.2, 0.25) is 0 Å². The van der Waals surface area contributed by atoms with Gasteiger partial charge in [-0.2, -0.15) is 0 Å². The highest BCUT2D eigenvalue weighted by molar-refractivity contribution is 5.73. The molecule has 0 aliphatic carbocycles. The van der Waals surface area contributed by atoms with Gasteiger partial charge in [-0.3, -0.25) is 4.79 Å². The van der Waals surface area contributed by atoms with Crippen molar-refractivity contribution in [3.05, 3.63) is 11.6 Å². The first kappa shape index (κ1) is 15.3. The minimum absolute atomic E-state index is 0.0856. The average molecular weight is 228 g/mol. The third-order valence-electron chi connectivity index (χ3n) is 2.52. The van der Waals surface area contributed by atoms with Crippen molar-refractivity contribution in [3.8, 4) is 0 Å². The molecule has 3 nitrogen and oxygen atoms in total. The van der Waals surface area contributed by atoms with Crippen molar-refractivity contribution in [2.75, 3.05) is 7.11 Å². The molecule has 3 heteroatoms. The maximum absolute atomic E-state index is 10.8. The number of hydrogen-bond acceptors (Lipinski definition) is 3. The quantitative estimate of drug-likeness (QED) is 0.512. The number of hydrogen-bond donors (Lipinski definition) is 1. The van der Waals surface area contributed by atoms with Gasteiger partial charge in [0.25, 0.3) is 0 Å². The molecule has 0 spiro atoms. The molecule has 2 atom stereocenters. The van der Waals surface area contributed by atoms with Gasteiger partial charge in [-0.15, -0.1) is 0 Å². The molecule has 1 unspecified atom stereocenters. The van der Waals surface area contributed by atoms with Gasteiger partial charge in [0.15, 0.2) is 0 Å². The second-order valence-electron chi connectivity index (χ2n) is 4.63. The van der Waals surface area contributed by atoms with Gasteiger partial charge in [-0.05, 0) is 37.3 Å². The van der Waals surface area contributed by atoms with Gasteiger partial charge >= 0.3 is 0 Å². The Morgan fingerprint density at radius 2 is 1.94 bits per heavy atom. The number of carbonyl (C=O) groups is 1. The molecule has 0 aliphatic heterocycles. The fourth-order valence-corrected chi connectivity index (χ4v) is 1.42. The fraction of sp³-hybridized carbons (Fsp3) is 0.769. The normalized spacial score (nSPS) is 16.2. The Balaban J connectivity index is 4.11. The first-order chi connectivity index (χ1) is 7.49. The molecular weight excluding hydrogens is 204 g/mol. The van der Waals surface area contributed by atoms with Crippen molar-refractivity contribution in [2.45, 2.75) is 52.2 Å². The standard InChI is InChI=1S/C13H24O3/c1-10(2)5-6-13(15)8-12(9-14)7-11(3)16-4/h7,9-11,13,15H,5-6,8H2,1-4H3/b12-7-/t11-,13?/m0/s1. The highest BCUT2D eigenvalue weighted by Crippen LogP contribution is 2.13. The second kappa shape index (κ2) is 8.48. The summed E-state index contributed by atoms with van der Waals surface area (Å²) in [5.74, 6) is 0.580. The van der Waals surface area contributed by atoms with E-state index in [2.05, 4.69) is 13.8 Å². The Kier molecular flexibility index (Phi) is 8.12. The summed E-state index contributed by atoms with van der Waals surface area (Å²) in [5.41, 5.74) is 0.616.